The summed E-state index contributed by atoms with van der Waals surface area (Å²) in [7, 11) is 0. The molecule has 2 amide bonds. The second kappa shape index (κ2) is 38.8. The monoisotopic (exact) mass is 1360 g/mol. The van der Waals surface area contributed by atoms with Gasteiger partial charge in [0.15, 0.2) is 17.7 Å². The quantitative estimate of drug-likeness (QED) is 0.0153. The molecule has 0 saturated heterocycles. The van der Waals surface area contributed by atoms with Gasteiger partial charge < -0.3 is 50.0 Å². The van der Waals surface area contributed by atoms with Crippen LogP contribution in [-0.4, -0.2) is 84.7 Å². The molecular weight excluding hydrogens is 1280 g/mol. The second-order valence-corrected chi connectivity index (χ2v) is 25.7. The highest BCUT2D eigenvalue weighted by molar-refractivity contribution is 5.79. The van der Waals surface area contributed by atoms with E-state index in [4.69, 9.17) is 58.6 Å². The summed E-state index contributed by atoms with van der Waals surface area (Å²) >= 11 is 0. The van der Waals surface area contributed by atoms with E-state index >= 15 is 0 Å². The van der Waals surface area contributed by atoms with Gasteiger partial charge >= 0.3 is 24.1 Å². The summed E-state index contributed by atoms with van der Waals surface area (Å²) in [4.78, 5) is 79.2. The summed E-state index contributed by atoms with van der Waals surface area (Å²) in [6.45, 7) is 30.5. The molecule has 0 aliphatic heterocycles. The molecule has 0 radical (unpaired) electrons. The van der Waals surface area contributed by atoms with Gasteiger partial charge in [-0.05, 0) is 169 Å². The first kappa shape index (κ1) is 77.9. The number of ether oxygens (including phenoxy) is 4. The lowest BCUT2D eigenvalue weighted by atomic mass is 10.0. The maximum atomic E-state index is 13.5. The van der Waals surface area contributed by atoms with Crippen molar-refractivity contribution in [3.8, 4) is 45.9 Å². The third kappa shape index (κ3) is 26.4. The van der Waals surface area contributed by atoms with E-state index in [1.165, 1.54) is 11.1 Å². The van der Waals surface area contributed by atoms with Crippen molar-refractivity contribution >= 4 is 53.2 Å². The summed E-state index contributed by atoms with van der Waals surface area (Å²) in [6.07, 6.45) is 6.57. The molecule has 8 aromatic rings. The molecule has 0 spiro atoms. The second-order valence-electron chi connectivity index (χ2n) is 25.7. The molecular formula is C80H86N10O11. The number of aromatic nitrogens is 2. The average molecular weight is 1360 g/mol. The minimum Gasteiger partial charge on any atom is -0.487 e. The molecule has 21 nitrogen and oxygen atoms in total. The first-order chi connectivity index (χ1) is 48.3. The number of unbranched alkanes of at least 4 members (excludes halogenated alkanes) is 4. The smallest absolute Gasteiger partial charge is 0.410 e. The molecule has 0 aliphatic carbocycles. The van der Waals surface area contributed by atoms with Gasteiger partial charge in [0.05, 0.1) is 60.9 Å². The number of hydrogen-bond donors (Lipinski definition) is 4. The molecule has 2 aromatic heterocycles. The topological polar surface area (TPSA) is 289 Å². The van der Waals surface area contributed by atoms with Crippen LogP contribution in [0.15, 0.2) is 158 Å². The van der Waals surface area contributed by atoms with Crippen LogP contribution in [0.2, 0.25) is 0 Å². The zero-order valence-electron chi connectivity index (χ0n) is 58.4. The number of rotatable bonds is 28. The molecule has 6 aromatic carbocycles. The van der Waals surface area contributed by atoms with Crippen LogP contribution in [0.1, 0.15) is 154 Å². The molecule has 101 heavy (non-hydrogen) atoms. The third-order valence-corrected chi connectivity index (χ3v) is 15.4. The summed E-state index contributed by atoms with van der Waals surface area (Å²) in [5, 5.41) is 39.2. The highest BCUT2D eigenvalue weighted by atomic mass is 16.6. The van der Waals surface area contributed by atoms with Crippen molar-refractivity contribution in [2.24, 2.45) is 0 Å². The Morgan fingerprint density at radius 3 is 1.33 bits per heavy atom. The predicted molar refractivity (Wildman–Crippen MR) is 388 cm³/mol. The van der Waals surface area contributed by atoms with Crippen LogP contribution in [-0.2, 0) is 51.9 Å². The first-order valence-corrected chi connectivity index (χ1v) is 33.0. The van der Waals surface area contributed by atoms with Gasteiger partial charge in [0.1, 0.15) is 35.9 Å². The Balaban J connectivity index is 0.000000272. The Labute approximate surface area is 591 Å². The number of nitriles is 2. The van der Waals surface area contributed by atoms with Crippen LogP contribution in [0.25, 0.3) is 31.9 Å². The van der Waals surface area contributed by atoms with Gasteiger partial charge in [-0.25, -0.2) is 19.3 Å². The Morgan fingerprint density at radius 2 is 0.941 bits per heavy atom. The highest BCUT2D eigenvalue weighted by Crippen LogP contribution is 2.33. The maximum absolute atomic E-state index is 13.5. The number of hydrogen-bond acceptors (Lipinski definition) is 15. The number of aldehydes is 1. The molecule has 0 bridgehead atoms. The zero-order valence-corrected chi connectivity index (χ0v) is 58.4. The van der Waals surface area contributed by atoms with Crippen LogP contribution in [0, 0.1) is 49.7 Å². The standard InChI is InChI=1S/C40H43N5O5.C27H33N3O6.C13H10N2/c1-28-38(49-27-30-12-18-34(42-5)19-13-30)36(26-45(39(48)50-40(2,3)4)22-8-6-7-9-37(46)47)33(24-43-28)25-44-35-20-16-32(17-21-35)31-14-10-29(23-41)11-15-31;1-19-25(35-18-20-10-12-22(28-5)13-11-20)23(21(17-31)15-29-19)16-30(26(34)36-27(2,3)4)14-8-6-7-9-24(32)33;14-9-10-1-3-11(4-2-10)12-5-7-13(15)8-6-12/h10-21,24,44H,6-9,22,25-27H2,1-4H3,(H,46,47);10-13,15,17H,6-9,14,16,18H2,1-4H3,(H,32,33);1-8H,15H2. The number of nitrogens with zero attached hydrogens (tertiary/aromatic N) is 8. The number of nitrogen functional groups attached to an aromatic ring is 1. The van der Waals surface area contributed by atoms with Crippen molar-refractivity contribution in [2.75, 3.05) is 24.1 Å². The largest absolute Gasteiger partial charge is 0.487 e. The summed E-state index contributed by atoms with van der Waals surface area (Å²) < 4.78 is 23.9. The van der Waals surface area contributed by atoms with E-state index in [1.807, 2.05) is 125 Å². The van der Waals surface area contributed by atoms with Gasteiger partial charge in [0.2, 0.25) is 0 Å². The zero-order chi connectivity index (χ0) is 73.5. The number of carbonyl (C=O) groups excluding carboxylic acids is 3. The van der Waals surface area contributed by atoms with E-state index in [-0.39, 0.29) is 39.1 Å². The van der Waals surface area contributed by atoms with Crippen LogP contribution in [0.4, 0.5) is 32.3 Å². The van der Waals surface area contributed by atoms with Crippen LogP contribution in [0.3, 0.4) is 0 Å². The van der Waals surface area contributed by atoms with E-state index in [2.05, 4.69) is 37.1 Å². The number of pyridine rings is 2. The van der Waals surface area contributed by atoms with Crippen molar-refractivity contribution in [2.45, 2.75) is 151 Å². The van der Waals surface area contributed by atoms with E-state index in [0.29, 0.717) is 121 Å². The molecule has 0 atom stereocenters. The van der Waals surface area contributed by atoms with E-state index < -0.39 is 35.3 Å². The normalized spacial score (nSPS) is 10.7. The number of carboxylic acid groups (broad SMARTS) is 2. The van der Waals surface area contributed by atoms with Gasteiger partial charge in [-0.3, -0.25) is 24.4 Å². The van der Waals surface area contributed by atoms with Crippen molar-refractivity contribution < 1.29 is 53.1 Å². The summed E-state index contributed by atoms with van der Waals surface area (Å²) in [5.41, 5.74) is 17.8. The van der Waals surface area contributed by atoms with Gasteiger partial charge in [0.25, 0.3) is 0 Å². The minimum absolute atomic E-state index is 0.0667. The Bertz CT molecular complexity index is 4240. The van der Waals surface area contributed by atoms with Crippen LogP contribution < -0.4 is 20.5 Å². The molecule has 21 heteroatoms. The lowest BCUT2D eigenvalue weighted by Gasteiger charge is -2.29. The first-order valence-electron chi connectivity index (χ1n) is 33.0. The lowest BCUT2D eigenvalue weighted by Crippen LogP contribution is -2.37. The van der Waals surface area contributed by atoms with Gasteiger partial charge in [0, 0.05) is 72.9 Å². The van der Waals surface area contributed by atoms with Gasteiger partial charge in [-0.2, -0.15) is 10.5 Å². The minimum atomic E-state index is -0.854. The molecule has 0 saturated carbocycles. The third-order valence-electron chi connectivity index (χ3n) is 15.4. The van der Waals surface area contributed by atoms with Gasteiger partial charge in [-0.1, -0.05) is 110 Å². The number of nitrogens with one attached hydrogen (secondary N) is 1. The van der Waals surface area contributed by atoms with E-state index in [9.17, 15) is 24.0 Å². The number of anilines is 2. The van der Waals surface area contributed by atoms with Crippen molar-refractivity contribution in [1.82, 2.24) is 19.8 Å². The molecule has 0 fully saturated rings. The average Bonchev–Trinajstić information content (AvgIpc) is 0.817. The van der Waals surface area contributed by atoms with Crippen LogP contribution in [0.5, 0.6) is 11.5 Å². The number of benzene rings is 6. The number of amides is 2. The van der Waals surface area contributed by atoms with Crippen molar-refractivity contribution in [3.05, 3.63) is 237 Å². The van der Waals surface area contributed by atoms with Crippen molar-refractivity contribution in [3.63, 3.8) is 0 Å². The summed E-state index contributed by atoms with van der Waals surface area (Å²) in [5.74, 6) is -0.720. The lowest BCUT2D eigenvalue weighted by molar-refractivity contribution is -0.138. The maximum Gasteiger partial charge on any atom is 0.410 e. The number of carbonyl (C=O) groups is 5. The molecule has 522 valence electrons. The van der Waals surface area contributed by atoms with Gasteiger partial charge in [-0.15, -0.1) is 0 Å². The Hall–Kier alpha value is -12.1. The fraction of sp³-hybridized carbons (Fsp3) is 0.312. The Kier molecular flexibility index (Phi) is 29.9. The fourth-order valence-electron chi connectivity index (χ4n) is 10.1. The number of nitrogens with two attached hydrogens (primary N) is 1. The molecule has 2 heterocycles. The summed E-state index contributed by atoms with van der Waals surface area (Å²) in [6, 6.07) is 49.1. The van der Waals surface area contributed by atoms with E-state index in [1.54, 1.807) is 87.3 Å². The van der Waals surface area contributed by atoms with Crippen molar-refractivity contribution in [1.29, 1.82) is 10.5 Å². The number of carboxylic acids is 2. The Morgan fingerprint density at radius 1 is 0.554 bits per heavy atom. The predicted octanol–water partition coefficient (Wildman–Crippen LogP) is 17.6. The number of aliphatic carboxylic acids is 2. The SMILES string of the molecule is N#Cc1ccc(-c2ccc(N)cc2)cc1.[C-]#[N+]c1ccc(COc2c(C)ncc(C=O)c2CN(CCCCCC(=O)O)C(=O)OC(C)(C)C)cc1.[C-]#[N+]c1ccc(COc2c(C)ncc(CNc3ccc(-c4ccc(C#N)cc4)cc3)c2CN(CCCCCC(=O)O)C(=O)OC(C)(C)C)cc1. The molecule has 0 aliphatic rings. The van der Waals surface area contributed by atoms with Crippen LogP contribution >= 0.6 is 0 Å². The molecule has 5 N–H and O–H groups in total. The fourth-order valence-corrected chi connectivity index (χ4v) is 10.1. The van der Waals surface area contributed by atoms with E-state index in [0.717, 1.165) is 55.9 Å². The molecule has 8 rings (SSSR count). The highest BCUT2D eigenvalue weighted by Gasteiger charge is 2.28. The molecule has 0 unspecified atom stereocenters. The number of aryl methyl sites for hydroxylation is 2.